The van der Waals surface area contributed by atoms with Crippen LogP contribution in [0, 0.1) is 5.92 Å². The fourth-order valence-corrected chi connectivity index (χ4v) is 3.21. The summed E-state index contributed by atoms with van der Waals surface area (Å²) in [5.74, 6) is 0.862. The van der Waals surface area contributed by atoms with Gasteiger partial charge in [0.25, 0.3) is 0 Å². The smallest absolute Gasteiger partial charge is 0.0121 e. The summed E-state index contributed by atoms with van der Waals surface area (Å²) in [6.07, 6.45) is 8.80. The summed E-state index contributed by atoms with van der Waals surface area (Å²) >= 11 is 0. The van der Waals surface area contributed by atoms with Gasteiger partial charge in [-0.15, -0.1) is 0 Å². The van der Waals surface area contributed by atoms with Gasteiger partial charge in [0.2, 0.25) is 0 Å². The second-order valence-electron chi connectivity index (χ2n) is 5.13. The minimum Gasteiger partial charge on any atom is -0.297 e. The Morgan fingerprint density at radius 3 is 2.54 bits per heavy atom. The molecule has 1 nitrogen and oxygen atoms in total. The van der Waals surface area contributed by atoms with Crippen molar-refractivity contribution >= 4 is 0 Å². The highest BCUT2D eigenvalue weighted by Crippen LogP contribution is 2.32. The Morgan fingerprint density at radius 2 is 1.77 bits per heavy atom. The highest BCUT2D eigenvalue weighted by atomic mass is 15.2. The maximum absolute atomic E-state index is 2.82. The Balaban J connectivity index is 2.02. The predicted molar refractivity (Wildman–Crippen MR) is 56.8 cm³/mol. The van der Waals surface area contributed by atoms with E-state index in [9.17, 15) is 0 Å². The predicted octanol–water partition coefficient (Wildman–Crippen LogP) is 3.05. The van der Waals surface area contributed by atoms with Crippen molar-refractivity contribution in [3.63, 3.8) is 0 Å². The number of piperidine rings is 2. The zero-order valence-electron chi connectivity index (χ0n) is 9.13. The highest BCUT2D eigenvalue weighted by molar-refractivity contribution is 4.88. The van der Waals surface area contributed by atoms with E-state index in [-0.39, 0.29) is 0 Å². The van der Waals surface area contributed by atoms with E-state index in [0.29, 0.717) is 0 Å². The molecular formula is C12H23N. The second-order valence-corrected chi connectivity index (χ2v) is 5.13. The monoisotopic (exact) mass is 181 g/mol. The quantitative estimate of drug-likeness (QED) is 0.601. The van der Waals surface area contributed by atoms with E-state index < -0.39 is 0 Å². The summed E-state index contributed by atoms with van der Waals surface area (Å²) in [5.41, 5.74) is 0. The van der Waals surface area contributed by atoms with Crippen LogP contribution in [0.3, 0.4) is 0 Å². The average Bonchev–Trinajstić information content (AvgIpc) is 2.17. The van der Waals surface area contributed by atoms with E-state index in [1.165, 1.54) is 45.1 Å². The first-order chi connectivity index (χ1) is 6.29. The lowest BCUT2D eigenvalue weighted by Gasteiger charge is -2.46. The van der Waals surface area contributed by atoms with Crippen LogP contribution in [0.4, 0.5) is 0 Å². The molecule has 2 heterocycles. The van der Waals surface area contributed by atoms with Crippen LogP contribution in [0.25, 0.3) is 0 Å². The Labute approximate surface area is 82.5 Å². The first-order valence-corrected chi connectivity index (χ1v) is 6.05. The molecule has 0 radical (unpaired) electrons. The fraction of sp³-hybridized carbons (Fsp3) is 1.00. The van der Waals surface area contributed by atoms with Crippen LogP contribution in [-0.2, 0) is 0 Å². The van der Waals surface area contributed by atoms with Gasteiger partial charge < -0.3 is 0 Å². The van der Waals surface area contributed by atoms with Crippen molar-refractivity contribution in [2.75, 3.05) is 6.54 Å². The van der Waals surface area contributed by atoms with Gasteiger partial charge in [-0.25, -0.2) is 0 Å². The molecule has 0 bridgehead atoms. The van der Waals surface area contributed by atoms with Gasteiger partial charge in [-0.2, -0.15) is 0 Å². The molecule has 0 N–H and O–H groups in total. The lowest BCUT2D eigenvalue weighted by Crippen LogP contribution is -2.51. The Hall–Kier alpha value is -0.0400. The van der Waals surface area contributed by atoms with Crippen LogP contribution in [0.2, 0.25) is 0 Å². The van der Waals surface area contributed by atoms with Gasteiger partial charge in [0.1, 0.15) is 0 Å². The zero-order valence-corrected chi connectivity index (χ0v) is 9.13. The van der Waals surface area contributed by atoms with Gasteiger partial charge >= 0.3 is 0 Å². The highest BCUT2D eigenvalue weighted by Gasteiger charge is 2.33. The minimum atomic E-state index is 0.862. The lowest BCUT2D eigenvalue weighted by atomic mass is 9.84. The third kappa shape index (κ3) is 1.90. The first kappa shape index (κ1) is 9.51. The summed E-state index contributed by atoms with van der Waals surface area (Å²) in [6, 6.07) is 1.86. The molecule has 0 aromatic carbocycles. The number of hydrogen-bond acceptors (Lipinski definition) is 1. The molecule has 0 aromatic rings. The van der Waals surface area contributed by atoms with E-state index in [1.54, 1.807) is 0 Å². The molecule has 0 amide bonds. The van der Waals surface area contributed by atoms with Crippen LogP contribution < -0.4 is 0 Å². The van der Waals surface area contributed by atoms with E-state index in [2.05, 4.69) is 18.7 Å². The molecule has 0 aliphatic carbocycles. The molecule has 76 valence electrons. The molecule has 2 atom stereocenters. The van der Waals surface area contributed by atoms with Crippen LogP contribution in [-0.4, -0.2) is 23.5 Å². The number of rotatable bonds is 1. The van der Waals surface area contributed by atoms with Crippen molar-refractivity contribution in [1.29, 1.82) is 0 Å². The van der Waals surface area contributed by atoms with Crippen LogP contribution in [0.15, 0.2) is 0 Å². The van der Waals surface area contributed by atoms with Gasteiger partial charge in [0.05, 0.1) is 0 Å². The van der Waals surface area contributed by atoms with Crippen LogP contribution >= 0.6 is 0 Å². The number of hydrogen-bond donors (Lipinski definition) is 0. The fourth-order valence-electron chi connectivity index (χ4n) is 3.21. The summed E-state index contributed by atoms with van der Waals surface area (Å²) in [7, 11) is 0. The maximum Gasteiger partial charge on any atom is 0.0121 e. The first-order valence-electron chi connectivity index (χ1n) is 6.05. The van der Waals surface area contributed by atoms with Crippen molar-refractivity contribution in [1.82, 2.24) is 4.90 Å². The zero-order chi connectivity index (χ0) is 9.26. The maximum atomic E-state index is 2.82. The van der Waals surface area contributed by atoms with Crippen molar-refractivity contribution in [2.24, 2.45) is 5.92 Å². The van der Waals surface area contributed by atoms with E-state index in [1.807, 2.05) is 0 Å². The molecule has 1 heteroatoms. The lowest BCUT2D eigenvalue weighted by molar-refractivity contribution is 0.0298. The van der Waals surface area contributed by atoms with Crippen molar-refractivity contribution in [3.8, 4) is 0 Å². The van der Waals surface area contributed by atoms with Gasteiger partial charge in [-0.1, -0.05) is 26.7 Å². The van der Waals surface area contributed by atoms with Crippen molar-refractivity contribution in [2.45, 2.75) is 64.5 Å². The van der Waals surface area contributed by atoms with Gasteiger partial charge in [0.15, 0.2) is 0 Å². The molecule has 0 saturated carbocycles. The SMILES string of the molecule is CC(C)C1CCCC2CCCCN21. The van der Waals surface area contributed by atoms with Gasteiger partial charge in [0, 0.05) is 12.1 Å². The van der Waals surface area contributed by atoms with E-state index >= 15 is 0 Å². The molecule has 2 saturated heterocycles. The van der Waals surface area contributed by atoms with E-state index in [0.717, 1.165) is 18.0 Å². The molecular weight excluding hydrogens is 158 g/mol. The molecule has 2 aliphatic heterocycles. The average molecular weight is 181 g/mol. The summed E-state index contributed by atoms with van der Waals surface area (Å²) in [6.45, 7) is 6.16. The summed E-state index contributed by atoms with van der Waals surface area (Å²) in [5, 5.41) is 0. The third-order valence-electron chi connectivity index (χ3n) is 3.91. The summed E-state index contributed by atoms with van der Waals surface area (Å²) < 4.78 is 0. The standard InChI is InChI=1S/C12H23N/c1-10(2)12-8-5-7-11-6-3-4-9-13(11)12/h10-12H,3-9H2,1-2H3. The summed E-state index contributed by atoms with van der Waals surface area (Å²) in [4.78, 5) is 2.82. The normalized spacial score (nSPS) is 36.2. The minimum absolute atomic E-state index is 0.862. The van der Waals surface area contributed by atoms with Crippen molar-refractivity contribution < 1.29 is 0 Å². The molecule has 0 spiro atoms. The Kier molecular flexibility index (Phi) is 2.92. The Morgan fingerprint density at radius 1 is 1.00 bits per heavy atom. The number of fused-ring (bicyclic) bond motifs is 1. The van der Waals surface area contributed by atoms with Crippen LogP contribution in [0.5, 0.6) is 0 Å². The molecule has 2 rings (SSSR count). The number of nitrogens with zero attached hydrogens (tertiary/aromatic N) is 1. The van der Waals surface area contributed by atoms with E-state index in [4.69, 9.17) is 0 Å². The molecule has 0 aromatic heterocycles. The Bertz CT molecular complexity index is 163. The largest absolute Gasteiger partial charge is 0.297 e. The van der Waals surface area contributed by atoms with Crippen LogP contribution in [0.1, 0.15) is 52.4 Å². The molecule has 2 unspecified atom stereocenters. The van der Waals surface area contributed by atoms with Crippen molar-refractivity contribution in [3.05, 3.63) is 0 Å². The van der Waals surface area contributed by atoms with Gasteiger partial charge in [-0.3, -0.25) is 4.90 Å². The molecule has 13 heavy (non-hydrogen) atoms. The third-order valence-corrected chi connectivity index (χ3v) is 3.91. The molecule has 2 aliphatic rings. The molecule has 2 fully saturated rings. The topological polar surface area (TPSA) is 3.24 Å². The van der Waals surface area contributed by atoms with Gasteiger partial charge in [-0.05, 0) is 38.1 Å². The second kappa shape index (κ2) is 4.00.